The zero-order valence-corrected chi connectivity index (χ0v) is 12.5. The molecular formula is C13H15IN2O3. The maximum atomic E-state index is 12.4. The Bertz CT molecular complexity index is 519. The van der Waals surface area contributed by atoms with Crippen LogP contribution in [0, 0.1) is 3.57 Å². The minimum Gasteiger partial charge on any atom is -0.507 e. The zero-order valence-electron chi connectivity index (χ0n) is 10.3. The molecular weight excluding hydrogens is 359 g/mol. The lowest BCUT2D eigenvalue weighted by Crippen LogP contribution is -2.50. The maximum absolute atomic E-state index is 12.4. The number of benzene rings is 1. The first-order valence-electron chi connectivity index (χ1n) is 6.09. The first-order chi connectivity index (χ1) is 9.00. The number of rotatable bonds is 2. The van der Waals surface area contributed by atoms with E-state index < -0.39 is 11.9 Å². The minimum atomic E-state index is -0.571. The summed E-state index contributed by atoms with van der Waals surface area (Å²) in [6, 6.07) is 4.25. The third-order valence-electron chi connectivity index (χ3n) is 3.28. The number of carbonyl (C=O) groups excluding carboxylic acids is 2. The molecule has 0 radical (unpaired) electrons. The smallest absolute Gasteiger partial charge is 0.258 e. The summed E-state index contributed by atoms with van der Waals surface area (Å²) in [4.78, 5) is 25.3. The highest BCUT2D eigenvalue weighted by molar-refractivity contribution is 14.1. The largest absolute Gasteiger partial charge is 0.507 e. The lowest BCUT2D eigenvalue weighted by molar-refractivity contribution is -0.123. The van der Waals surface area contributed by atoms with Crippen LogP contribution in [-0.2, 0) is 4.79 Å². The molecule has 1 fully saturated rings. The molecule has 6 heteroatoms. The van der Waals surface area contributed by atoms with E-state index in [0.29, 0.717) is 13.0 Å². The molecule has 1 aromatic carbocycles. The summed E-state index contributed by atoms with van der Waals surface area (Å²) in [6.45, 7) is 0.497. The molecule has 1 atom stereocenters. The summed E-state index contributed by atoms with van der Waals surface area (Å²) in [6.07, 6.45) is 2.32. The van der Waals surface area contributed by atoms with Crippen molar-refractivity contribution in [3.8, 4) is 5.75 Å². The van der Waals surface area contributed by atoms with Gasteiger partial charge in [-0.3, -0.25) is 9.59 Å². The molecule has 2 amide bonds. The number of piperidine rings is 1. The van der Waals surface area contributed by atoms with Crippen LogP contribution in [0.1, 0.15) is 29.6 Å². The summed E-state index contributed by atoms with van der Waals surface area (Å²) in [5, 5.41) is 9.79. The fourth-order valence-electron chi connectivity index (χ4n) is 2.30. The maximum Gasteiger partial charge on any atom is 0.258 e. The second-order valence-electron chi connectivity index (χ2n) is 4.57. The van der Waals surface area contributed by atoms with Gasteiger partial charge in [0.2, 0.25) is 5.91 Å². The number of nitrogens with two attached hydrogens (primary N) is 1. The van der Waals surface area contributed by atoms with Gasteiger partial charge in [-0.1, -0.05) is 0 Å². The topological polar surface area (TPSA) is 83.6 Å². The number of aromatic hydroxyl groups is 1. The molecule has 0 aromatic heterocycles. The van der Waals surface area contributed by atoms with Crippen molar-refractivity contribution in [2.24, 2.45) is 5.73 Å². The fraction of sp³-hybridized carbons (Fsp3) is 0.385. The van der Waals surface area contributed by atoms with Crippen LogP contribution < -0.4 is 5.73 Å². The lowest BCUT2D eigenvalue weighted by atomic mass is 10.00. The Hall–Kier alpha value is -1.31. The Morgan fingerprint density at radius 2 is 2.11 bits per heavy atom. The second kappa shape index (κ2) is 5.77. The molecule has 0 aliphatic carbocycles. The van der Waals surface area contributed by atoms with Crippen molar-refractivity contribution in [1.29, 1.82) is 0 Å². The van der Waals surface area contributed by atoms with Gasteiger partial charge in [0, 0.05) is 10.1 Å². The quantitative estimate of drug-likeness (QED) is 0.770. The Kier molecular flexibility index (Phi) is 4.28. The van der Waals surface area contributed by atoms with Gasteiger partial charge >= 0.3 is 0 Å². The molecule has 0 spiro atoms. The predicted octanol–water partition coefficient (Wildman–Crippen LogP) is 1.48. The lowest BCUT2D eigenvalue weighted by Gasteiger charge is -2.33. The molecule has 19 heavy (non-hydrogen) atoms. The molecule has 0 saturated carbocycles. The molecule has 1 unspecified atom stereocenters. The zero-order chi connectivity index (χ0) is 14.0. The first kappa shape index (κ1) is 14.1. The van der Waals surface area contributed by atoms with Gasteiger partial charge in [-0.25, -0.2) is 0 Å². The Labute approximate surface area is 124 Å². The molecule has 1 aliphatic heterocycles. The fourth-order valence-corrected chi connectivity index (χ4v) is 2.80. The van der Waals surface area contributed by atoms with Crippen molar-refractivity contribution in [2.75, 3.05) is 6.54 Å². The van der Waals surface area contributed by atoms with Crippen molar-refractivity contribution in [3.05, 3.63) is 27.3 Å². The SMILES string of the molecule is NC(=O)C1CCCCN1C(=O)c1cc(I)ccc1O. The van der Waals surface area contributed by atoms with Crippen LogP contribution in [0.3, 0.4) is 0 Å². The van der Waals surface area contributed by atoms with Crippen LogP contribution >= 0.6 is 22.6 Å². The molecule has 1 aromatic rings. The Balaban J connectivity index is 2.31. The van der Waals surface area contributed by atoms with Crippen molar-refractivity contribution < 1.29 is 14.7 Å². The molecule has 1 saturated heterocycles. The molecule has 1 heterocycles. The number of hydrogen-bond acceptors (Lipinski definition) is 3. The highest BCUT2D eigenvalue weighted by Gasteiger charge is 2.32. The van der Waals surface area contributed by atoms with Gasteiger partial charge in [0.15, 0.2) is 0 Å². The monoisotopic (exact) mass is 374 g/mol. The van der Waals surface area contributed by atoms with E-state index in [1.165, 1.54) is 11.0 Å². The number of phenols is 1. The number of carbonyl (C=O) groups is 2. The van der Waals surface area contributed by atoms with Crippen LogP contribution in [0.5, 0.6) is 5.75 Å². The third-order valence-corrected chi connectivity index (χ3v) is 3.95. The predicted molar refractivity (Wildman–Crippen MR) is 78.7 cm³/mol. The van der Waals surface area contributed by atoms with Gasteiger partial charge in [0.1, 0.15) is 11.8 Å². The van der Waals surface area contributed by atoms with E-state index in [9.17, 15) is 14.7 Å². The second-order valence-corrected chi connectivity index (χ2v) is 5.82. The van der Waals surface area contributed by atoms with E-state index in [0.717, 1.165) is 16.4 Å². The van der Waals surface area contributed by atoms with E-state index >= 15 is 0 Å². The summed E-state index contributed by atoms with van der Waals surface area (Å²) in [5.41, 5.74) is 5.57. The number of amides is 2. The average molecular weight is 374 g/mol. The van der Waals surface area contributed by atoms with Gasteiger partial charge < -0.3 is 15.7 Å². The van der Waals surface area contributed by atoms with E-state index in [-0.39, 0.29) is 17.2 Å². The number of hydrogen-bond donors (Lipinski definition) is 2. The van der Waals surface area contributed by atoms with E-state index in [2.05, 4.69) is 22.6 Å². The molecule has 0 bridgehead atoms. The number of phenolic OH excluding ortho intramolecular Hbond substituents is 1. The van der Waals surface area contributed by atoms with Crippen LogP contribution in [0.2, 0.25) is 0 Å². The van der Waals surface area contributed by atoms with E-state index in [1.54, 1.807) is 12.1 Å². The van der Waals surface area contributed by atoms with Gasteiger partial charge in [-0.2, -0.15) is 0 Å². The van der Waals surface area contributed by atoms with Crippen molar-refractivity contribution >= 4 is 34.4 Å². The van der Waals surface area contributed by atoms with E-state index in [4.69, 9.17) is 5.73 Å². The van der Waals surface area contributed by atoms with Crippen molar-refractivity contribution in [3.63, 3.8) is 0 Å². The van der Waals surface area contributed by atoms with Crippen molar-refractivity contribution in [2.45, 2.75) is 25.3 Å². The molecule has 2 rings (SSSR count). The van der Waals surface area contributed by atoms with Gasteiger partial charge in [0.05, 0.1) is 5.56 Å². The summed E-state index contributed by atoms with van der Waals surface area (Å²) in [5.74, 6) is -0.892. The van der Waals surface area contributed by atoms with Crippen LogP contribution in [-0.4, -0.2) is 34.4 Å². The van der Waals surface area contributed by atoms with Gasteiger partial charge in [-0.15, -0.1) is 0 Å². The van der Waals surface area contributed by atoms with Gasteiger partial charge in [0.25, 0.3) is 5.91 Å². The average Bonchev–Trinajstić information content (AvgIpc) is 2.40. The van der Waals surface area contributed by atoms with Crippen LogP contribution in [0.15, 0.2) is 18.2 Å². The molecule has 3 N–H and O–H groups in total. The summed E-state index contributed by atoms with van der Waals surface area (Å²) in [7, 11) is 0. The normalized spacial score (nSPS) is 19.2. The van der Waals surface area contributed by atoms with E-state index in [1.807, 2.05) is 0 Å². The van der Waals surface area contributed by atoms with Gasteiger partial charge in [-0.05, 0) is 60.1 Å². The van der Waals surface area contributed by atoms with Crippen molar-refractivity contribution in [1.82, 2.24) is 4.90 Å². The molecule has 102 valence electrons. The number of halogens is 1. The summed E-state index contributed by atoms with van der Waals surface area (Å²) < 4.78 is 0.853. The standard InChI is InChI=1S/C13H15IN2O3/c14-8-4-5-11(17)9(7-8)13(19)16-6-2-1-3-10(16)12(15)18/h4-5,7,10,17H,1-3,6H2,(H2,15,18). The highest BCUT2D eigenvalue weighted by Crippen LogP contribution is 2.25. The number of primary amides is 1. The third kappa shape index (κ3) is 2.99. The van der Waals surface area contributed by atoms with Crippen LogP contribution in [0.25, 0.3) is 0 Å². The number of likely N-dealkylation sites (tertiary alicyclic amines) is 1. The molecule has 5 nitrogen and oxygen atoms in total. The molecule has 1 aliphatic rings. The Morgan fingerprint density at radius 3 is 2.79 bits per heavy atom. The Morgan fingerprint density at radius 1 is 1.37 bits per heavy atom. The first-order valence-corrected chi connectivity index (χ1v) is 7.17. The summed E-state index contributed by atoms with van der Waals surface area (Å²) >= 11 is 2.07. The van der Waals surface area contributed by atoms with Crippen LogP contribution in [0.4, 0.5) is 0 Å². The highest BCUT2D eigenvalue weighted by atomic mass is 127. The minimum absolute atomic E-state index is 0.0702. The number of nitrogens with zero attached hydrogens (tertiary/aromatic N) is 1.